The highest BCUT2D eigenvalue weighted by atomic mass is 32.2. The minimum atomic E-state index is -3.40. The van der Waals surface area contributed by atoms with Gasteiger partial charge in [-0.15, -0.1) is 0 Å². The van der Waals surface area contributed by atoms with Crippen LogP contribution >= 0.6 is 0 Å². The topological polar surface area (TPSA) is 107 Å². The summed E-state index contributed by atoms with van der Waals surface area (Å²) < 4.78 is 36.4. The largest absolute Gasteiger partial charge is 0.497 e. The number of anilines is 2. The van der Waals surface area contributed by atoms with Crippen molar-refractivity contribution >= 4 is 32.2 Å². The second kappa shape index (κ2) is 8.16. The molecule has 3 heterocycles. The molecule has 0 aliphatic carbocycles. The fourth-order valence-electron chi connectivity index (χ4n) is 4.30. The summed E-state index contributed by atoms with van der Waals surface area (Å²) in [5, 5.41) is 4.50. The molecule has 1 fully saturated rings. The Kier molecular flexibility index (Phi) is 5.43. The summed E-state index contributed by atoms with van der Waals surface area (Å²) in [7, 11) is -1.82. The molecule has 8 nitrogen and oxygen atoms in total. The monoisotopic (exact) mass is 468 g/mol. The molecule has 3 aromatic rings. The molecule has 9 heteroatoms. The third-order valence-corrected chi connectivity index (χ3v) is 8.07. The quantitative estimate of drug-likeness (QED) is 0.588. The Hall–Kier alpha value is -2.88. The first-order valence-electron chi connectivity index (χ1n) is 10.9. The van der Waals surface area contributed by atoms with Crippen LogP contribution in [0.3, 0.4) is 0 Å². The molecular formula is C24H28N4O4S. The molecular weight excluding hydrogens is 440 g/mol. The predicted molar refractivity (Wildman–Crippen MR) is 129 cm³/mol. The summed E-state index contributed by atoms with van der Waals surface area (Å²) in [6.07, 6.45) is 0. The van der Waals surface area contributed by atoms with Crippen LogP contribution in [0, 0.1) is 6.92 Å². The number of nitrogens with two attached hydrogens (primary N) is 1. The van der Waals surface area contributed by atoms with Gasteiger partial charge in [0.15, 0.2) is 9.84 Å². The molecule has 0 radical (unpaired) electrons. The molecule has 0 unspecified atom stereocenters. The molecule has 1 saturated heterocycles. The Morgan fingerprint density at radius 3 is 2.76 bits per heavy atom. The van der Waals surface area contributed by atoms with Crippen molar-refractivity contribution < 1.29 is 17.9 Å². The van der Waals surface area contributed by atoms with Crippen molar-refractivity contribution in [2.75, 3.05) is 49.4 Å². The number of aryl methyl sites for hydroxylation is 1. The van der Waals surface area contributed by atoms with Gasteiger partial charge in [0.05, 0.1) is 42.0 Å². The van der Waals surface area contributed by atoms with Crippen LogP contribution < -0.4 is 20.7 Å². The van der Waals surface area contributed by atoms with Gasteiger partial charge in [0.25, 0.3) is 0 Å². The molecule has 33 heavy (non-hydrogen) atoms. The molecule has 0 spiro atoms. The zero-order valence-electron chi connectivity index (χ0n) is 18.8. The second-order valence-corrected chi connectivity index (χ2v) is 11.0. The zero-order valence-corrected chi connectivity index (χ0v) is 19.6. The minimum Gasteiger partial charge on any atom is -0.497 e. The summed E-state index contributed by atoms with van der Waals surface area (Å²) in [5.74, 6) is 1.37. The smallest absolute Gasteiger partial charge is 0.180 e. The van der Waals surface area contributed by atoms with Crippen LogP contribution in [0.4, 0.5) is 11.5 Å². The first kappa shape index (κ1) is 21.9. The molecule has 1 aromatic heterocycles. The molecule has 0 amide bonds. The van der Waals surface area contributed by atoms with Gasteiger partial charge < -0.3 is 25.4 Å². The van der Waals surface area contributed by atoms with Crippen molar-refractivity contribution in [3.05, 3.63) is 53.6 Å². The number of benzene rings is 2. The molecule has 3 N–H and O–H groups in total. The van der Waals surface area contributed by atoms with Gasteiger partial charge in [-0.1, -0.05) is 11.6 Å². The van der Waals surface area contributed by atoms with Crippen LogP contribution in [-0.2, 0) is 21.1 Å². The average molecular weight is 469 g/mol. The number of fused-ring (bicyclic) bond motifs is 2. The third kappa shape index (κ3) is 4.23. The van der Waals surface area contributed by atoms with E-state index in [1.54, 1.807) is 25.3 Å². The summed E-state index contributed by atoms with van der Waals surface area (Å²) >= 11 is 0. The van der Waals surface area contributed by atoms with E-state index in [1.165, 1.54) is 0 Å². The molecule has 2 aliphatic heterocycles. The molecule has 2 aromatic carbocycles. The standard InChI is InChI=1S/C24H28N4O4S/c1-16-3-5-20-19(9-16)21(26-13-24(25)14-32-15-24)11-23(27-20)28-7-8-33(29,30)22-6-4-18(31-2)10-17(22)12-28/h3-6,9-11H,7-8,12-15,25H2,1-2H3,(H,26,27). The van der Waals surface area contributed by atoms with E-state index >= 15 is 0 Å². The van der Waals surface area contributed by atoms with Gasteiger partial charge in [-0.3, -0.25) is 0 Å². The number of aromatic nitrogens is 1. The van der Waals surface area contributed by atoms with Gasteiger partial charge in [-0.2, -0.15) is 0 Å². The van der Waals surface area contributed by atoms with Gasteiger partial charge in [-0.05, 0) is 42.8 Å². The fourth-order valence-corrected chi connectivity index (χ4v) is 5.78. The number of nitrogens with one attached hydrogen (secondary N) is 1. The molecule has 0 bridgehead atoms. The van der Waals surface area contributed by atoms with E-state index in [9.17, 15) is 8.42 Å². The van der Waals surface area contributed by atoms with E-state index in [2.05, 4.69) is 11.4 Å². The maximum Gasteiger partial charge on any atom is 0.180 e. The fraction of sp³-hybridized carbons (Fsp3) is 0.375. The summed E-state index contributed by atoms with van der Waals surface area (Å²) in [6, 6.07) is 13.2. The lowest BCUT2D eigenvalue weighted by molar-refractivity contribution is -0.0461. The third-order valence-electron chi connectivity index (χ3n) is 6.28. The Labute approximate surface area is 193 Å². The van der Waals surface area contributed by atoms with Crippen molar-refractivity contribution in [2.24, 2.45) is 5.73 Å². The number of sulfone groups is 1. The van der Waals surface area contributed by atoms with Crippen molar-refractivity contribution in [2.45, 2.75) is 23.9 Å². The maximum absolute atomic E-state index is 12.9. The van der Waals surface area contributed by atoms with Gasteiger partial charge in [0.1, 0.15) is 11.6 Å². The number of hydrogen-bond acceptors (Lipinski definition) is 8. The molecule has 2 aliphatic rings. The second-order valence-electron chi connectivity index (χ2n) is 8.97. The normalized spacial score (nSPS) is 18.8. The summed E-state index contributed by atoms with van der Waals surface area (Å²) in [4.78, 5) is 7.26. The number of nitrogens with zero attached hydrogens (tertiary/aromatic N) is 2. The lowest BCUT2D eigenvalue weighted by atomic mass is 9.99. The van der Waals surface area contributed by atoms with Gasteiger partial charge in [0.2, 0.25) is 0 Å². The van der Waals surface area contributed by atoms with Crippen molar-refractivity contribution in [1.82, 2.24) is 4.98 Å². The van der Waals surface area contributed by atoms with E-state index < -0.39 is 9.84 Å². The average Bonchev–Trinajstić information content (AvgIpc) is 2.91. The van der Waals surface area contributed by atoms with E-state index in [1.807, 2.05) is 30.0 Å². The highest BCUT2D eigenvalue weighted by molar-refractivity contribution is 7.91. The Morgan fingerprint density at radius 2 is 2.03 bits per heavy atom. The van der Waals surface area contributed by atoms with E-state index in [4.69, 9.17) is 20.2 Å². The van der Waals surface area contributed by atoms with Gasteiger partial charge >= 0.3 is 0 Å². The molecule has 0 atom stereocenters. The van der Waals surface area contributed by atoms with Crippen LogP contribution in [0.1, 0.15) is 11.1 Å². The van der Waals surface area contributed by atoms with Crippen LogP contribution in [0.15, 0.2) is 47.4 Å². The first-order valence-corrected chi connectivity index (χ1v) is 12.6. The van der Waals surface area contributed by atoms with E-state index in [0.717, 1.165) is 28.0 Å². The SMILES string of the molecule is COc1ccc2c(c1)CN(c1cc(NCC3(N)COC3)c3cc(C)ccc3n1)CCS2(=O)=O. The maximum atomic E-state index is 12.9. The van der Waals surface area contributed by atoms with Crippen molar-refractivity contribution in [1.29, 1.82) is 0 Å². The highest BCUT2D eigenvalue weighted by Crippen LogP contribution is 2.33. The Morgan fingerprint density at radius 1 is 1.21 bits per heavy atom. The van der Waals surface area contributed by atoms with Crippen LogP contribution in [0.25, 0.3) is 10.9 Å². The number of rotatable bonds is 5. The lowest BCUT2D eigenvalue weighted by Crippen LogP contribution is -2.61. The van der Waals surface area contributed by atoms with Crippen LogP contribution in [0.2, 0.25) is 0 Å². The van der Waals surface area contributed by atoms with E-state index in [-0.39, 0.29) is 11.3 Å². The lowest BCUT2D eigenvalue weighted by Gasteiger charge is -2.38. The minimum absolute atomic E-state index is 0.0198. The molecule has 0 saturated carbocycles. The highest BCUT2D eigenvalue weighted by Gasteiger charge is 2.34. The summed E-state index contributed by atoms with van der Waals surface area (Å²) in [5.41, 5.74) is 9.57. The molecule has 5 rings (SSSR count). The zero-order chi connectivity index (χ0) is 23.2. The molecule has 174 valence electrons. The van der Waals surface area contributed by atoms with Gasteiger partial charge in [-0.25, -0.2) is 13.4 Å². The van der Waals surface area contributed by atoms with Crippen molar-refractivity contribution in [3.8, 4) is 5.75 Å². The number of pyridine rings is 1. The predicted octanol–water partition coefficient (Wildman–Crippen LogP) is 2.49. The first-order chi connectivity index (χ1) is 15.8. The van der Waals surface area contributed by atoms with Crippen LogP contribution in [-0.4, -0.2) is 58.1 Å². The number of hydrogen-bond donors (Lipinski definition) is 2. The van der Waals surface area contributed by atoms with Crippen LogP contribution in [0.5, 0.6) is 5.75 Å². The summed E-state index contributed by atoms with van der Waals surface area (Å²) in [6.45, 7) is 4.44. The van der Waals surface area contributed by atoms with Crippen molar-refractivity contribution in [3.63, 3.8) is 0 Å². The Bertz CT molecular complexity index is 1320. The number of ether oxygens (including phenoxy) is 2. The van der Waals surface area contributed by atoms with Gasteiger partial charge in [0, 0.05) is 36.8 Å². The Balaban J connectivity index is 1.55. The van der Waals surface area contributed by atoms with E-state index in [0.29, 0.717) is 49.1 Å². The number of methoxy groups -OCH3 is 1.